The maximum absolute atomic E-state index is 4.31. The first-order valence-corrected chi connectivity index (χ1v) is 4.44. The van der Waals surface area contributed by atoms with Crippen molar-refractivity contribution in [2.45, 2.75) is 6.92 Å². The Kier molecular flexibility index (Phi) is 1.68. The van der Waals surface area contributed by atoms with Crippen LogP contribution in [0, 0.1) is 6.92 Å². The number of fused-ring (bicyclic) bond motifs is 1. The zero-order valence-electron chi connectivity index (χ0n) is 6.87. The summed E-state index contributed by atoms with van der Waals surface area (Å²) in [7, 11) is 1.96. The Balaban J connectivity index is 2.88. The van der Waals surface area contributed by atoms with Crippen molar-refractivity contribution < 1.29 is 0 Å². The predicted octanol–water partition coefficient (Wildman–Crippen LogP) is 0.0586. The Bertz CT molecular complexity index is 437. The van der Waals surface area contributed by atoms with E-state index in [1.165, 1.54) is 0 Å². The lowest BCUT2D eigenvalue weighted by atomic mass is 10.1. The molecule has 2 aromatic rings. The minimum atomic E-state index is 0.801. The summed E-state index contributed by atoms with van der Waals surface area (Å²) in [5.41, 5.74) is 2.85. The second-order valence-electron chi connectivity index (χ2n) is 2.79. The van der Waals surface area contributed by atoms with Gasteiger partial charge in [0, 0.05) is 18.0 Å². The van der Waals surface area contributed by atoms with Crippen molar-refractivity contribution in [1.29, 1.82) is 0 Å². The summed E-state index contributed by atoms with van der Waals surface area (Å²) in [6.45, 7) is 1.97. The number of aryl methyl sites for hydroxylation is 1. The molecule has 0 saturated carbocycles. The van der Waals surface area contributed by atoms with Gasteiger partial charge in [-0.2, -0.15) is 0 Å². The molecule has 2 heterocycles. The van der Waals surface area contributed by atoms with Crippen LogP contribution in [0.2, 0.25) is 0 Å². The highest BCUT2D eigenvalue weighted by atomic mass is 79.9. The maximum Gasteiger partial charge on any atom is 0.170 e. The van der Waals surface area contributed by atoms with Crippen LogP contribution in [-0.2, 0) is 0 Å². The van der Waals surface area contributed by atoms with E-state index in [9.17, 15) is 0 Å². The van der Waals surface area contributed by atoms with Gasteiger partial charge in [-0.1, -0.05) is 0 Å². The Morgan fingerprint density at radius 2 is 2.17 bits per heavy atom. The molecule has 0 fully saturated rings. The van der Waals surface area contributed by atoms with Gasteiger partial charge < -0.3 is 4.40 Å². The van der Waals surface area contributed by atoms with E-state index in [4.69, 9.17) is 0 Å². The lowest BCUT2D eigenvalue weighted by Crippen LogP contribution is -2.10. The molecule has 0 aliphatic rings. The molecular formula is C7H7BBrN3. The van der Waals surface area contributed by atoms with E-state index in [0.717, 1.165) is 21.5 Å². The van der Waals surface area contributed by atoms with Crippen LogP contribution in [0.25, 0.3) is 5.65 Å². The molecule has 0 atom stereocenters. The smallest absolute Gasteiger partial charge is 0.170 e. The number of imidazole rings is 1. The minimum absolute atomic E-state index is 0.801. The Labute approximate surface area is 79.4 Å². The first kappa shape index (κ1) is 7.80. The number of nitrogens with zero attached hydrogens (tertiary/aromatic N) is 3. The fourth-order valence-electron chi connectivity index (χ4n) is 1.20. The van der Waals surface area contributed by atoms with Gasteiger partial charge in [0.25, 0.3) is 0 Å². The molecule has 60 valence electrons. The van der Waals surface area contributed by atoms with E-state index in [-0.39, 0.29) is 0 Å². The molecule has 5 heteroatoms. The van der Waals surface area contributed by atoms with Crippen LogP contribution in [0.15, 0.2) is 17.0 Å². The third kappa shape index (κ3) is 1.14. The van der Waals surface area contributed by atoms with E-state index < -0.39 is 0 Å². The monoisotopic (exact) mass is 223 g/mol. The van der Waals surface area contributed by atoms with Gasteiger partial charge >= 0.3 is 0 Å². The topological polar surface area (TPSA) is 30.2 Å². The summed E-state index contributed by atoms with van der Waals surface area (Å²) in [5, 5.41) is 0. The summed E-state index contributed by atoms with van der Waals surface area (Å²) < 4.78 is 2.78. The maximum atomic E-state index is 4.31. The molecule has 3 nitrogen and oxygen atoms in total. The fraction of sp³-hybridized carbons (Fsp3) is 0.143. The lowest BCUT2D eigenvalue weighted by Gasteiger charge is -1.96. The molecule has 0 amide bonds. The molecule has 0 N–H and O–H groups in total. The summed E-state index contributed by atoms with van der Waals surface area (Å²) >= 11 is 3.37. The van der Waals surface area contributed by atoms with Crippen LogP contribution < -0.4 is 5.59 Å². The van der Waals surface area contributed by atoms with Crippen LogP contribution in [0.4, 0.5) is 0 Å². The van der Waals surface area contributed by atoms with Gasteiger partial charge in [-0.05, 0) is 22.9 Å². The van der Waals surface area contributed by atoms with Crippen molar-refractivity contribution in [3.63, 3.8) is 0 Å². The third-order valence-electron chi connectivity index (χ3n) is 1.64. The molecule has 0 aliphatic carbocycles. The highest BCUT2D eigenvalue weighted by molar-refractivity contribution is 9.10. The van der Waals surface area contributed by atoms with Crippen molar-refractivity contribution in [1.82, 2.24) is 14.4 Å². The summed E-state index contributed by atoms with van der Waals surface area (Å²) in [6.07, 6.45) is 3.94. The van der Waals surface area contributed by atoms with Gasteiger partial charge in [-0.3, -0.25) is 4.98 Å². The summed E-state index contributed by atoms with van der Waals surface area (Å²) in [4.78, 5) is 8.56. The minimum Gasteiger partial charge on any atom is -0.304 e. The number of hydrogen-bond acceptors (Lipinski definition) is 2. The second-order valence-corrected chi connectivity index (χ2v) is 3.54. The molecule has 0 aromatic carbocycles. The Hall–Kier alpha value is -0.835. The van der Waals surface area contributed by atoms with Crippen molar-refractivity contribution >= 4 is 35.0 Å². The van der Waals surface area contributed by atoms with Gasteiger partial charge in [0.05, 0.1) is 5.69 Å². The summed E-state index contributed by atoms with van der Waals surface area (Å²) in [6, 6.07) is 0. The molecule has 2 aromatic heterocycles. The van der Waals surface area contributed by atoms with E-state index in [1.807, 2.05) is 31.6 Å². The predicted molar refractivity (Wildman–Crippen MR) is 53.6 cm³/mol. The van der Waals surface area contributed by atoms with Gasteiger partial charge in [-0.25, -0.2) is 4.98 Å². The van der Waals surface area contributed by atoms with Crippen LogP contribution in [0.1, 0.15) is 5.69 Å². The molecule has 2 rings (SSSR count). The number of hydrogen-bond donors (Lipinski definition) is 0. The van der Waals surface area contributed by atoms with Crippen molar-refractivity contribution in [3.05, 3.63) is 22.7 Å². The number of halogens is 1. The standard InChI is InChI=1S/C7H7BBrN3/c1-4-2-12-3-5(8)11-6(9)7(12)10-4/h2-3H,8H2,1H3. The average molecular weight is 224 g/mol. The van der Waals surface area contributed by atoms with Crippen LogP contribution in [0.5, 0.6) is 0 Å². The Morgan fingerprint density at radius 3 is 2.92 bits per heavy atom. The van der Waals surface area contributed by atoms with Gasteiger partial charge in [0.2, 0.25) is 0 Å². The average Bonchev–Trinajstić information content (AvgIpc) is 2.29. The van der Waals surface area contributed by atoms with Crippen molar-refractivity contribution in [2.24, 2.45) is 0 Å². The van der Waals surface area contributed by atoms with E-state index >= 15 is 0 Å². The highest BCUT2D eigenvalue weighted by Crippen LogP contribution is 2.12. The lowest BCUT2D eigenvalue weighted by molar-refractivity contribution is 1.13. The molecule has 12 heavy (non-hydrogen) atoms. The van der Waals surface area contributed by atoms with E-state index in [0.29, 0.717) is 0 Å². The van der Waals surface area contributed by atoms with E-state index in [1.54, 1.807) is 0 Å². The zero-order chi connectivity index (χ0) is 8.72. The van der Waals surface area contributed by atoms with Crippen LogP contribution in [0.3, 0.4) is 0 Å². The van der Waals surface area contributed by atoms with Gasteiger partial charge in [0.1, 0.15) is 4.60 Å². The van der Waals surface area contributed by atoms with Gasteiger partial charge in [0.15, 0.2) is 13.5 Å². The highest BCUT2D eigenvalue weighted by Gasteiger charge is 2.03. The van der Waals surface area contributed by atoms with Crippen molar-refractivity contribution in [2.75, 3.05) is 0 Å². The van der Waals surface area contributed by atoms with Crippen molar-refractivity contribution in [3.8, 4) is 0 Å². The SMILES string of the molecule is Bc1cn2cc(C)nc2c(Br)n1. The Morgan fingerprint density at radius 1 is 1.42 bits per heavy atom. The van der Waals surface area contributed by atoms with Gasteiger partial charge in [-0.15, -0.1) is 0 Å². The molecule has 0 radical (unpaired) electrons. The molecular weight excluding hydrogens is 217 g/mol. The third-order valence-corrected chi connectivity index (χ3v) is 2.17. The zero-order valence-corrected chi connectivity index (χ0v) is 8.46. The second kappa shape index (κ2) is 2.59. The number of rotatable bonds is 0. The first-order chi connectivity index (χ1) is 5.66. The normalized spacial score (nSPS) is 10.8. The largest absolute Gasteiger partial charge is 0.304 e. The first-order valence-electron chi connectivity index (χ1n) is 3.65. The molecule has 0 aliphatic heterocycles. The molecule has 0 saturated heterocycles. The summed E-state index contributed by atoms with van der Waals surface area (Å²) in [5.74, 6) is 0. The van der Waals surface area contributed by atoms with E-state index in [2.05, 4.69) is 25.9 Å². The molecule has 0 bridgehead atoms. The quantitative estimate of drug-likeness (QED) is 0.592. The fourth-order valence-corrected chi connectivity index (χ4v) is 1.78. The molecule has 0 unspecified atom stereocenters. The molecule has 0 spiro atoms. The number of aromatic nitrogens is 3. The van der Waals surface area contributed by atoms with Crippen LogP contribution >= 0.6 is 15.9 Å². The van der Waals surface area contributed by atoms with Crippen LogP contribution in [-0.4, -0.2) is 22.2 Å².